The molecule has 2 heterocycles. The first kappa shape index (κ1) is 20.1. The molecule has 0 aliphatic carbocycles. The average molecular weight is 418 g/mol. The molecule has 0 radical (unpaired) electrons. The van der Waals surface area contributed by atoms with E-state index in [0.29, 0.717) is 23.7 Å². The van der Waals surface area contributed by atoms with Crippen molar-refractivity contribution in [1.82, 2.24) is 18.7 Å². The van der Waals surface area contributed by atoms with Gasteiger partial charge in [0.25, 0.3) is 5.56 Å². The second-order valence-electron chi connectivity index (χ2n) is 7.24. The van der Waals surface area contributed by atoms with Gasteiger partial charge in [0.15, 0.2) is 11.2 Å². The molecular formula is C22H22N6O3. The highest BCUT2D eigenvalue weighted by Crippen LogP contribution is 2.18. The fourth-order valence-electron chi connectivity index (χ4n) is 3.35. The molecule has 0 saturated heterocycles. The van der Waals surface area contributed by atoms with Gasteiger partial charge in [-0.3, -0.25) is 18.5 Å². The van der Waals surface area contributed by atoms with Gasteiger partial charge in [-0.1, -0.05) is 30.3 Å². The second-order valence-corrected chi connectivity index (χ2v) is 7.24. The van der Waals surface area contributed by atoms with Crippen molar-refractivity contribution in [2.75, 3.05) is 5.43 Å². The number of hydrogen-bond acceptors (Lipinski definition) is 6. The molecule has 9 nitrogen and oxygen atoms in total. The van der Waals surface area contributed by atoms with E-state index in [4.69, 9.17) is 0 Å². The zero-order valence-electron chi connectivity index (χ0n) is 17.4. The van der Waals surface area contributed by atoms with Gasteiger partial charge in [0, 0.05) is 14.1 Å². The van der Waals surface area contributed by atoms with Crippen molar-refractivity contribution in [3.8, 4) is 5.75 Å². The number of phenols is 1. The van der Waals surface area contributed by atoms with Gasteiger partial charge in [-0.05, 0) is 42.3 Å². The van der Waals surface area contributed by atoms with Gasteiger partial charge in [0.05, 0.1) is 12.3 Å². The van der Waals surface area contributed by atoms with Crippen LogP contribution in [0.3, 0.4) is 0 Å². The van der Waals surface area contributed by atoms with Crippen LogP contribution in [0.4, 0.5) is 5.95 Å². The Morgan fingerprint density at radius 1 is 1.03 bits per heavy atom. The van der Waals surface area contributed by atoms with Crippen molar-refractivity contribution < 1.29 is 5.11 Å². The number of aromatic nitrogens is 4. The first-order valence-electron chi connectivity index (χ1n) is 9.66. The summed E-state index contributed by atoms with van der Waals surface area (Å²) in [4.78, 5) is 29.8. The zero-order valence-corrected chi connectivity index (χ0v) is 17.4. The predicted molar refractivity (Wildman–Crippen MR) is 120 cm³/mol. The molecule has 2 aromatic heterocycles. The first-order valence-corrected chi connectivity index (χ1v) is 9.66. The first-order chi connectivity index (χ1) is 14.9. The number of phenolic OH excluding ortho intramolecular Hbond substituents is 1. The van der Waals surface area contributed by atoms with Gasteiger partial charge in [-0.2, -0.15) is 10.1 Å². The number of nitrogens with zero attached hydrogens (tertiary/aromatic N) is 5. The molecule has 2 aromatic carbocycles. The number of anilines is 1. The number of hydrazone groups is 1. The lowest BCUT2D eigenvalue weighted by atomic mass is 10.1. The van der Waals surface area contributed by atoms with Crippen LogP contribution in [0.25, 0.3) is 11.2 Å². The molecule has 0 aliphatic heterocycles. The Labute approximate surface area is 177 Å². The van der Waals surface area contributed by atoms with Crippen LogP contribution in [-0.4, -0.2) is 29.5 Å². The summed E-state index contributed by atoms with van der Waals surface area (Å²) < 4.78 is 4.14. The highest BCUT2D eigenvalue weighted by Gasteiger charge is 2.19. The maximum absolute atomic E-state index is 12.9. The quantitative estimate of drug-likeness (QED) is 0.381. The summed E-state index contributed by atoms with van der Waals surface area (Å²) in [6, 6.07) is 16.3. The SMILES string of the molecule is CC(=NNc1nc2c(c(=O)n(C)c(=O)n2C)n1Cc1ccccc1)c1ccc(O)cc1. The van der Waals surface area contributed by atoms with E-state index in [1.807, 2.05) is 37.3 Å². The van der Waals surface area contributed by atoms with Crippen LogP contribution in [0.1, 0.15) is 18.1 Å². The minimum atomic E-state index is -0.447. The number of aromatic hydroxyl groups is 1. The van der Waals surface area contributed by atoms with Gasteiger partial charge >= 0.3 is 5.69 Å². The number of benzene rings is 2. The maximum Gasteiger partial charge on any atom is 0.332 e. The van der Waals surface area contributed by atoms with Crippen molar-refractivity contribution >= 4 is 22.8 Å². The Hall–Kier alpha value is -4.14. The van der Waals surface area contributed by atoms with Gasteiger partial charge in [0.1, 0.15) is 5.75 Å². The van der Waals surface area contributed by atoms with E-state index in [-0.39, 0.29) is 11.4 Å². The second kappa shape index (κ2) is 7.94. The monoisotopic (exact) mass is 418 g/mol. The normalized spacial score (nSPS) is 11.8. The molecule has 0 bridgehead atoms. The Morgan fingerprint density at radius 2 is 1.71 bits per heavy atom. The molecule has 0 amide bonds. The fraction of sp³-hybridized carbons (Fsp3) is 0.182. The molecule has 0 aliphatic rings. The molecule has 0 unspecified atom stereocenters. The van der Waals surface area contributed by atoms with Crippen molar-refractivity contribution in [3.05, 3.63) is 86.6 Å². The molecule has 0 saturated carbocycles. The maximum atomic E-state index is 12.9. The van der Waals surface area contributed by atoms with Crippen LogP contribution in [0.5, 0.6) is 5.75 Å². The molecule has 0 spiro atoms. The van der Waals surface area contributed by atoms with E-state index in [1.54, 1.807) is 35.9 Å². The third-order valence-electron chi connectivity index (χ3n) is 5.14. The lowest BCUT2D eigenvalue weighted by Gasteiger charge is -2.10. The van der Waals surface area contributed by atoms with E-state index in [0.717, 1.165) is 15.7 Å². The van der Waals surface area contributed by atoms with Gasteiger partial charge in [0.2, 0.25) is 5.95 Å². The minimum Gasteiger partial charge on any atom is -0.508 e. The third kappa shape index (κ3) is 3.73. The smallest absolute Gasteiger partial charge is 0.332 e. The summed E-state index contributed by atoms with van der Waals surface area (Å²) in [5, 5.41) is 13.9. The lowest BCUT2D eigenvalue weighted by molar-refractivity contribution is 0.475. The Kier molecular flexibility index (Phi) is 5.16. The van der Waals surface area contributed by atoms with Crippen molar-refractivity contribution in [2.24, 2.45) is 19.2 Å². The number of nitrogens with one attached hydrogen (secondary N) is 1. The molecule has 2 N–H and O–H groups in total. The van der Waals surface area contributed by atoms with E-state index >= 15 is 0 Å². The van der Waals surface area contributed by atoms with Gasteiger partial charge in [-0.25, -0.2) is 10.2 Å². The van der Waals surface area contributed by atoms with Crippen LogP contribution in [-0.2, 0) is 20.6 Å². The summed E-state index contributed by atoms with van der Waals surface area (Å²) in [5.74, 6) is 0.515. The Balaban J connectivity index is 1.84. The third-order valence-corrected chi connectivity index (χ3v) is 5.14. The molecule has 0 atom stereocenters. The standard InChI is InChI=1S/C22H22N6O3/c1-14(16-9-11-17(29)12-10-16)24-25-21-23-19-18(20(30)27(3)22(31)26(19)2)28(21)13-15-7-5-4-6-8-15/h4-12,29H,13H2,1-3H3,(H,23,25). The zero-order chi connectivity index (χ0) is 22.1. The Bertz CT molecular complexity index is 1400. The summed E-state index contributed by atoms with van der Waals surface area (Å²) >= 11 is 0. The van der Waals surface area contributed by atoms with Crippen molar-refractivity contribution in [3.63, 3.8) is 0 Å². The number of imidazole rings is 1. The number of hydrogen-bond donors (Lipinski definition) is 2. The molecule has 0 fully saturated rings. The summed E-state index contributed by atoms with van der Waals surface area (Å²) in [7, 11) is 3.03. The minimum absolute atomic E-state index is 0.172. The van der Waals surface area contributed by atoms with Crippen molar-refractivity contribution in [1.29, 1.82) is 0 Å². The topological polar surface area (TPSA) is 106 Å². The van der Waals surface area contributed by atoms with Crippen molar-refractivity contribution in [2.45, 2.75) is 13.5 Å². The number of fused-ring (bicyclic) bond motifs is 1. The summed E-state index contributed by atoms with van der Waals surface area (Å²) in [6.45, 7) is 2.19. The number of rotatable bonds is 5. The van der Waals surface area contributed by atoms with E-state index in [1.165, 1.54) is 11.6 Å². The van der Waals surface area contributed by atoms with E-state index in [2.05, 4.69) is 15.5 Å². The summed E-state index contributed by atoms with van der Waals surface area (Å²) in [5.41, 5.74) is 5.13. The molecule has 9 heteroatoms. The van der Waals surface area contributed by atoms with Crippen LogP contribution in [0, 0.1) is 0 Å². The average Bonchev–Trinajstić information content (AvgIpc) is 3.14. The molecule has 4 aromatic rings. The summed E-state index contributed by atoms with van der Waals surface area (Å²) in [6.07, 6.45) is 0. The van der Waals surface area contributed by atoms with Gasteiger partial charge in [-0.15, -0.1) is 0 Å². The van der Waals surface area contributed by atoms with Crippen LogP contribution in [0.15, 0.2) is 69.3 Å². The predicted octanol–water partition coefficient (Wildman–Crippen LogP) is 2.02. The van der Waals surface area contributed by atoms with Gasteiger partial charge < -0.3 is 5.11 Å². The van der Waals surface area contributed by atoms with Crippen LogP contribution < -0.4 is 16.7 Å². The molecular weight excluding hydrogens is 396 g/mol. The fourth-order valence-corrected chi connectivity index (χ4v) is 3.35. The molecule has 31 heavy (non-hydrogen) atoms. The number of aryl methyl sites for hydroxylation is 1. The van der Waals surface area contributed by atoms with E-state index in [9.17, 15) is 14.7 Å². The van der Waals surface area contributed by atoms with Crippen LogP contribution in [0.2, 0.25) is 0 Å². The largest absolute Gasteiger partial charge is 0.508 e. The molecule has 158 valence electrons. The molecule has 4 rings (SSSR count). The Morgan fingerprint density at radius 3 is 2.39 bits per heavy atom. The highest BCUT2D eigenvalue weighted by molar-refractivity contribution is 5.99. The van der Waals surface area contributed by atoms with E-state index < -0.39 is 11.2 Å². The van der Waals surface area contributed by atoms with Crippen LogP contribution >= 0.6 is 0 Å². The lowest BCUT2D eigenvalue weighted by Crippen LogP contribution is -2.37. The highest BCUT2D eigenvalue weighted by atomic mass is 16.3.